The molecule has 18 heavy (non-hydrogen) atoms. The van der Waals surface area contributed by atoms with Gasteiger partial charge in [-0.2, -0.15) is 0 Å². The van der Waals surface area contributed by atoms with E-state index in [9.17, 15) is 4.79 Å². The molecule has 2 rings (SSSR count). The van der Waals surface area contributed by atoms with Crippen molar-refractivity contribution in [2.45, 2.75) is 26.7 Å². The van der Waals surface area contributed by atoms with Crippen LogP contribution in [0.1, 0.15) is 34.3 Å². The minimum absolute atomic E-state index is 0.170. The number of hydrogen-bond acceptors (Lipinski definition) is 2. The van der Waals surface area contributed by atoms with Crippen LogP contribution in [0, 0.1) is 19.8 Å². The Balaban J connectivity index is 2.20. The van der Waals surface area contributed by atoms with Gasteiger partial charge >= 0.3 is 0 Å². The highest BCUT2D eigenvalue weighted by Crippen LogP contribution is 2.21. The zero-order chi connectivity index (χ0) is 13.1. The number of piperidine rings is 1. The number of carbonyl (C=O) groups is 1. The fourth-order valence-electron chi connectivity index (χ4n) is 2.75. The molecule has 1 aliphatic heterocycles. The third kappa shape index (κ3) is 2.56. The van der Waals surface area contributed by atoms with E-state index in [0.29, 0.717) is 12.5 Å². The number of hydrogen-bond donors (Lipinski definition) is 1. The molecule has 1 aliphatic rings. The van der Waals surface area contributed by atoms with Gasteiger partial charge in [0, 0.05) is 18.7 Å². The van der Waals surface area contributed by atoms with Gasteiger partial charge in [0.2, 0.25) is 0 Å². The zero-order valence-corrected chi connectivity index (χ0v) is 11.3. The number of rotatable bonds is 2. The first-order chi connectivity index (χ1) is 8.63. The molecule has 3 nitrogen and oxygen atoms in total. The summed E-state index contributed by atoms with van der Waals surface area (Å²) in [4.78, 5) is 14.6. The van der Waals surface area contributed by atoms with E-state index in [2.05, 4.69) is 0 Å². The van der Waals surface area contributed by atoms with E-state index >= 15 is 0 Å². The molecular weight excluding hydrogens is 224 g/mol. The maximum Gasteiger partial charge on any atom is 0.254 e. The molecule has 0 aromatic heterocycles. The third-order valence-corrected chi connectivity index (χ3v) is 3.83. The number of likely N-dealkylation sites (tertiary alicyclic amines) is 1. The lowest BCUT2D eigenvalue weighted by molar-refractivity contribution is 0.0676. The van der Waals surface area contributed by atoms with Gasteiger partial charge in [0.15, 0.2) is 0 Å². The van der Waals surface area contributed by atoms with Gasteiger partial charge in [0.1, 0.15) is 0 Å². The number of benzene rings is 1. The number of aryl methyl sites for hydroxylation is 2. The first-order valence-electron chi connectivity index (χ1n) is 6.69. The van der Waals surface area contributed by atoms with Gasteiger partial charge in [-0.1, -0.05) is 18.2 Å². The van der Waals surface area contributed by atoms with E-state index in [1.165, 1.54) is 0 Å². The lowest BCUT2D eigenvalue weighted by atomic mass is 9.96. The first-order valence-corrected chi connectivity index (χ1v) is 6.69. The maximum atomic E-state index is 12.6. The summed E-state index contributed by atoms with van der Waals surface area (Å²) in [5, 5.41) is 0. The van der Waals surface area contributed by atoms with Gasteiger partial charge in [0.05, 0.1) is 0 Å². The highest BCUT2D eigenvalue weighted by atomic mass is 16.2. The first kappa shape index (κ1) is 13.1. The second kappa shape index (κ2) is 5.53. The fraction of sp³-hybridized carbons (Fsp3) is 0.533. The number of nitrogens with two attached hydrogens (primary N) is 1. The summed E-state index contributed by atoms with van der Waals surface area (Å²) in [7, 11) is 0. The summed E-state index contributed by atoms with van der Waals surface area (Å²) in [5.74, 6) is 0.635. The monoisotopic (exact) mass is 246 g/mol. The van der Waals surface area contributed by atoms with Crippen LogP contribution in [-0.4, -0.2) is 30.4 Å². The van der Waals surface area contributed by atoms with Crippen molar-refractivity contribution in [2.75, 3.05) is 19.6 Å². The molecule has 1 aromatic carbocycles. The highest BCUT2D eigenvalue weighted by Gasteiger charge is 2.25. The third-order valence-electron chi connectivity index (χ3n) is 3.83. The molecule has 2 N–H and O–H groups in total. The molecule has 1 fully saturated rings. The summed E-state index contributed by atoms with van der Waals surface area (Å²) in [6.45, 7) is 6.36. The van der Waals surface area contributed by atoms with Crippen LogP contribution in [0.2, 0.25) is 0 Å². The molecule has 0 aliphatic carbocycles. The van der Waals surface area contributed by atoms with Crippen molar-refractivity contribution in [1.29, 1.82) is 0 Å². The van der Waals surface area contributed by atoms with Crippen LogP contribution in [0.5, 0.6) is 0 Å². The second-order valence-electron chi connectivity index (χ2n) is 5.26. The predicted octanol–water partition coefficient (Wildman–Crippen LogP) is 2.11. The summed E-state index contributed by atoms with van der Waals surface area (Å²) in [6, 6.07) is 6.01. The molecule has 1 amide bonds. The molecule has 1 atom stereocenters. The number of nitrogens with zero attached hydrogens (tertiary/aromatic N) is 1. The SMILES string of the molecule is Cc1cccc(C)c1C(=O)N1CCCC(CN)C1. The minimum Gasteiger partial charge on any atom is -0.338 e. The summed E-state index contributed by atoms with van der Waals surface area (Å²) < 4.78 is 0. The Labute approximate surface area is 109 Å². The van der Waals surface area contributed by atoms with Crippen molar-refractivity contribution in [2.24, 2.45) is 11.7 Å². The lowest BCUT2D eigenvalue weighted by Gasteiger charge is -2.32. The predicted molar refractivity (Wildman–Crippen MR) is 73.6 cm³/mol. The van der Waals surface area contributed by atoms with Crippen molar-refractivity contribution >= 4 is 5.91 Å². The van der Waals surface area contributed by atoms with Crippen LogP contribution in [0.25, 0.3) is 0 Å². The molecule has 1 aromatic rings. The molecular formula is C15H22N2O. The van der Waals surface area contributed by atoms with Crippen molar-refractivity contribution < 1.29 is 4.79 Å². The topological polar surface area (TPSA) is 46.3 Å². The fourth-order valence-corrected chi connectivity index (χ4v) is 2.75. The van der Waals surface area contributed by atoms with Gasteiger partial charge in [-0.05, 0) is 50.3 Å². The summed E-state index contributed by atoms with van der Waals surface area (Å²) >= 11 is 0. The molecule has 0 radical (unpaired) electrons. The Morgan fingerprint density at radius 3 is 2.67 bits per heavy atom. The number of carbonyl (C=O) groups excluding carboxylic acids is 1. The van der Waals surface area contributed by atoms with Gasteiger partial charge in [-0.15, -0.1) is 0 Å². The van der Waals surface area contributed by atoms with Crippen LogP contribution in [-0.2, 0) is 0 Å². The van der Waals surface area contributed by atoms with Crippen molar-refractivity contribution in [3.8, 4) is 0 Å². The normalized spacial score (nSPS) is 19.9. The van der Waals surface area contributed by atoms with Crippen LogP contribution in [0.4, 0.5) is 0 Å². The molecule has 0 saturated carbocycles. The minimum atomic E-state index is 0.170. The smallest absolute Gasteiger partial charge is 0.254 e. The largest absolute Gasteiger partial charge is 0.338 e. The van der Waals surface area contributed by atoms with E-state index in [4.69, 9.17) is 5.73 Å². The van der Waals surface area contributed by atoms with Crippen molar-refractivity contribution in [3.05, 3.63) is 34.9 Å². The zero-order valence-electron chi connectivity index (χ0n) is 11.3. The Morgan fingerprint density at radius 1 is 1.39 bits per heavy atom. The lowest BCUT2D eigenvalue weighted by Crippen LogP contribution is -2.42. The molecule has 0 bridgehead atoms. The molecule has 1 unspecified atom stereocenters. The van der Waals surface area contributed by atoms with Gasteiger partial charge < -0.3 is 10.6 Å². The van der Waals surface area contributed by atoms with E-state index in [-0.39, 0.29) is 5.91 Å². The van der Waals surface area contributed by atoms with Gasteiger partial charge in [-0.3, -0.25) is 4.79 Å². The summed E-state index contributed by atoms with van der Waals surface area (Å²) in [5.41, 5.74) is 8.73. The van der Waals surface area contributed by atoms with Crippen LogP contribution in [0.3, 0.4) is 0 Å². The van der Waals surface area contributed by atoms with Crippen LogP contribution in [0.15, 0.2) is 18.2 Å². The Hall–Kier alpha value is -1.35. The summed E-state index contributed by atoms with van der Waals surface area (Å²) in [6.07, 6.45) is 2.21. The Morgan fingerprint density at radius 2 is 2.06 bits per heavy atom. The Kier molecular flexibility index (Phi) is 4.02. The molecule has 98 valence electrons. The highest BCUT2D eigenvalue weighted by molar-refractivity contribution is 5.97. The van der Waals surface area contributed by atoms with E-state index in [1.54, 1.807) is 0 Å². The van der Waals surface area contributed by atoms with Crippen LogP contribution >= 0.6 is 0 Å². The van der Waals surface area contributed by atoms with Crippen molar-refractivity contribution in [1.82, 2.24) is 4.90 Å². The average Bonchev–Trinajstić information content (AvgIpc) is 2.38. The van der Waals surface area contributed by atoms with E-state index in [0.717, 1.165) is 42.6 Å². The molecule has 3 heteroatoms. The second-order valence-corrected chi connectivity index (χ2v) is 5.26. The number of amides is 1. The van der Waals surface area contributed by atoms with Crippen LogP contribution < -0.4 is 5.73 Å². The van der Waals surface area contributed by atoms with Gasteiger partial charge in [0.25, 0.3) is 5.91 Å². The molecule has 0 spiro atoms. The molecule has 1 heterocycles. The Bertz CT molecular complexity index is 422. The molecule has 1 saturated heterocycles. The quantitative estimate of drug-likeness (QED) is 0.868. The average molecular weight is 246 g/mol. The maximum absolute atomic E-state index is 12.6. The van der Waals surface area contributed by atoms with Gasteiger partial charge in [-0.25, -0.2) is 0 Å². The van der Waals surface area contributed by atoms with Crippen molar-refractivity contribution in [3.63, 3.8) is 0 Å². The van der Waals surface area contributed by atoms with E-state index in [1.807, 2.05) is 36.9 Å². The standard InChI is InChI=1S/C15H22N2O/c1-11-5-3-6-12(2)14(11)15(18)17-8-4-7-13(9-16)10-17/h3,5-6,13H,4,7-10,16H2,1-2H3. The van der Waals surface area contributed by atoms with E-state index < -0.39 is 0 Å².